The van der Waals surface area contributed by atoms with E-state index in [1.165, 1.54) is 31.3 Å². The van der Waals surface area contributed by atoms with Gasteiger partial charge in [0, 0.05) is 25.4 Å². The molecule has 0 heterocycles. The molecule has 0 aliphatic heterocycles. The van der Waals surface area contributed by atoms with Gasteiger partial charge in [0.15, 0.2) is 16.4 Å². The second kappa shape index (κ2) is 10.1. The Labute approximate surface area is 201 Å². The van der Waals surface area contributed by atoms with Crippen LogP contribution in [0.4, 0.5) is 8.78 Å². The zero-order chi connectivity index (χ0) is 26.0. The Kier molecular flexibility index (Phi) is 7.58. The lowest BCUT2D eigenvalue weighted by Crippen LogP contribution is -2.26. The maximum atomic E-state index is 14.1. The predicted octanol–water partition coefficient (Wildman–Crippen LogP) is 3.32. The van der Waals surface area contributed by atoms with Crippen LogP contribution in [0.15, 0.2) is 70.5 Å². The number of aliphatic carboxylic acids is 1. The predicted molar refractivity (Wildman–Crippen MR) is 123 cm³/mol. The van der Waals surface area contributed by atoms with Gasteiger partial charge in [-0.1, -0.05) is 12.1 Å². The molecule has 0 saturated heterocycles. The largest absolute Gasteiger partial charge is 0.481 e. The third-order valence-corrected chi connectivity index (χ3v) is 7.89. The first-order chi connectivity index (χ1) is 16.3. The lowest BCUT2D eigenvalue weighted by atomic mass is 10.0. The summed E-state index contributed by atoms with van der Waals surface area (Å²) in [5.41, 5.74) is 0.903. The van der Waals surface area contributed by atoms with E-state index in [9.17, 15) is 30.4 Å². The average Bonchev–Trinajstić information content (AvgIpc) is 2.78. The Morgan fingerprint density at radius 2 is 1.63 bits per heavy atom. The molecule has 0 fully saturated rings. The highest BCUT2D eigenvalue weighted by Crippen LogP contribution is 2.34. The van der Waals surface area contributed by atoms with E-state index >= 15 is 0 Å². The highest BCUT2D eigenvalue weighted by atomic mass is 32.2. The van der Waals surface area contributed by atoms with Gasteiger partial charge < -0.3 is 9.84 Å². The summed E-state index contributed by atoms with van der Waals surface area (Å²) in [6.07, 6.45) is 0.850. The molecule has 0 bridgehead atoms. The van der Waals surface area contributed by atoms with Crippen molar-refractivity contribution in [2.24, 2.45) is 0 Å². The van der Waals surface area contributed by atoms with Gasteiger partial charge in [0.1, 0.15) is 22.3 Å². The van der Waals surface area contributed by atoms with Crippen molar-refractivity contribution in [2.75, 3.05) is 19.9 Å². The molecular formula is C23H21F2NO7S2. The minimum absolute atomic E-state index is 0.0752. The van der Waals surface area contributed by atoms with E-state index < -0.39 is 49.0 Å². The number of nitrogens with zero attached hydrogens (tertiary/aromatic N) is 1. The van der Waals surface area contributed by atoms with Crippen molar-refractivity contribution < 1.29 is 40.3 Å². The summed E-state index contributed by atoms with van der Waals surface area (Å²) in [5, 5.41) is 8.96. The van der Waals surface area contributed by atoms with Crippen LogP contribution in [0.1, 0.15) is 5.56 Å². The van der Waals surface area contributed by atoms with Gasteiger partial charge >= 0.3 is 5.97 Å². The fourth-order valence-corrected chi connectivity index (χ4v) is 5.17. The van der Waals surface area contributed by atoms with Crippen LogP contribution in [0, 0.1) is 11.6 Å². The maximum absolute atomic E-state index is 14.1. The number of sulfone groups is 1. The Bertz CT molecular complexity index is 1470. The molecule has 0 saturated carbocycles. The highest BCUT2D eigenvalue weighted by molar-refractivity contribution is 7.90. The lowest BCUT2D eigenvalue weighted by molar-refractivity contribution is -0.139. The van der Waals surface area contributed by atoms with Gasteiger partial charge in [-0.3, -0.25) is 0 Å². The van der Waals surface area contributed by atoms with Gasteiger partial charge in [-0.2, -0.15) is 4.31 Å². The van der Waals surface area contributed by atoms with Gasteiger partial charge in [0.2, 0.25) is 10.0 Å². The SMILES string of the molecule is CN(Cc1ccc(OCC(=O)O)c(-c2ccc(F)c(S(C)(=O)=O)c2)c1)S(=O)(=O)c1ccc(F)cc1. The third kappa shape index (κ3) is 6.21. The topological polar surface area (TPSA) is 118 Å². The van der Waals surface area contributed by atoms with Crippen molar-refractivity contribution in [1.29, 1.82) is 0 Å². The van der Waals surface area contributed by atoms with Gasteiger partial charge in [0.05, 0.1) is 4.90 Å². The zero-order valence-corrected chi connectivity index (χ0v) is 20.2. The third-order valence-electron chi connectivity index (χ3n) is 4.96. The molecule has 12 heteroatoms. The van der Waals surface area contributed by atoms with Crippen LogP contribution in [0.5, 0.6) is 5.75 Å². The van der Waals surface area contributed by atoms with Gasteiger partial charge in [-0.15, -0.1) is 0 Å². The van der Waals surface area contributed by atoms with Crippen molar-refractivity contribution >= 4 is 25.8 Å². The number of carboxylic acids is 1. The fraction of sp³-hybridized carbons (Fsp3) is 0.174. The Morgan fingerprint density at radius 3 is 2.23 bits per heavy atom. The van der Waals surface area contributed by atoms with E-state index in [4.69, 9.17) is 9.84 Å². The van der Waals surface area contributed by atoms with Crippen molar-refractivity contribution in [2.45, 2.75) is 16.3 Å². The van der Waals surface area contributed by atoms with Crippen LogP contribution in [0.2, 0.25) is 0 Å². The summed E-state index contributed by atoms with van der Waals surface area (Å²) >= 11 is 0. The average molecular weight is 526 g/mol. The van der Waals surface area contributed by atoms with E-state index in [0.717, 1.165) is 47.0 Å². The molecule has 0 amide bonds. The monoisotopic (exact) mass is 525 g/mol. The zero-order valence-electron chi connectivity index (χ0n) is 18.6. The Morgan fingerprint density at radius 1 is 0.971 bits per heavy atom. The molecule has 0 unspecified atom stereocenters. The number of sulfonamides is 1. The first-order valence-electron chi connectivity index (χ1n) is 9.98. The van der Waals surface area contributed by atoms with Crippen LogP contribution >= 0.6 is 0 Å². The van der Waals surface area contributed by atoms with E-state index in [1.807, 2.05) is 0 Å². The number of ether oxygens (including phenoxy) is 1. The second-order valence-electron chi connectivity index (χ2n) is 7.65. The van der Waals surface area contributed by atoms with Crippen LogP contribution < -0.4 is 4.74 Å². The van der Waals surface area contributed by atoms with Crippen molar-refractivity contribution in [3.63, 3.8) is 0 Å². The van der Waals surface area contributed by atoms with Gasteiger partial charge in [-0.05, 0) is 59.7 Å². The molecule has 3 aromatic rings. The molecule has 0 aromatic heterocycles. The van der Waals surface area contributed by atoms with Gasteiger partial charge in [-0.25, -0.2) is 30.4 Å². The number of carbonyl (C=O) groups is 1. The molecule has 0 aliphatic carbocycles. The number of halogens is 2. The lowest BCUT2D eigenvalue weighted by Gasteiger charge is -2.19. The van der Waals surface area contributed by atoms with Crippen LogP contribution in [0.3, 0.4) is 0 Å². The number of hydrogen-bond donors (Lipinski definition) is 1. The molecule has 0 aliphatic rings. The number of hydrogen-bond acceptors (Lipinski definition) is 6. The quantitative estimate of drug-likeness (QED) is 0.455. The van der Waals surface area contributed by atoms with Crippen molar-refractivity contribution in [3.05, 3.63) is 77.9 Å². The van der Waals surface area contributed by atoms with E-state index in [1.54, 1.807) is 0 Å². The molecular weight excluding hydrogens is 504 g/mol. The smallest absolute Gasteiger partial charge is 0.341 e. The van der Waals surface area contributed by atoms with Crippen LogP contribution in [-0.4, -0.2) is 52.1 Å². The second-order valence-corrected chi connectivity index (χ2v) is 11.7. The van der Waals surface area contributed by atoms with E-state index in [0.29, 0.717) is 5.56 Å². The summed E-state index contributed by atoms with van der Waals surface area (Å²) in [4.78, 5) is 10.3. The van der Waals surface area contributed by atoms with Crippen molar-refractivity contribution in [3.8, 4) is 16.9 Å². The summed E-state index contributed by atoms with van der Waals surface area (Å²) in [5.74, 6) is -2.71. The highest BCUT2D eigenvalue weighted by Gasteiger charge is 2.22. The number of carboxylic acid groups (broad SMARTS) is 1. The molecule has 0 radical (unpaired) electrons. The van der Waals surface area contributed by atoms with E-state index in [-0.39, 0.29) is 28.3 Å². The number of benzene rings is 3. The fourth-order valence-electron chi connectivity index (χ4n) is 3.25. The first-order valence-corrected chi connectivity index (χ1v) is 13.3. The Hall–Kier alpha value is -3.35. The summed E-state index contributed by atoms with van der Waals surface area (Å²) in [7, 11) is -6.55. The standard InChI is InChI=1S/C23H21F2NO7S2/c1-26(35(31,32)18-7-5-17(24)6-8-18)13-15-3-10-21(33-14-23(27)28)19(11-15)16-4-9-20(25)22(12-16)34(2,29)30/h3-12H,13-14H2,1-2H3,(H,27,28). The molecule has 3 aromatic carbocycles. The molecule has 0 spiro atoms. The molecule has 35 heavy (non-hydrogen) atoms. The number of rotatable bonds is 9. The summed E-state index contributed by atoms with van der Waals surface area (Å²) in [6.45, 7) is -0.822. The Balaban J connectivity index is 2.03. The minimum atomic E-state index is -3.97. The molecule has 3 rings (SSSR count). The molecule has 0 atom stereocenters. The van der Waals surface area contributed by atoms with E-state index in [2.05, 4.69) is 0 Å². The minimum Gasteiger partial charge on any atom is -0.481 e. The van der Waals surface area contributed by atoms with Crippen molar-refractivity contribution in [1.82, 2.24) is 4.31 Å². The van der Waals surface area contributed by atoms with Crippen LogP contribution in [0.25, 0.3) is 11.1 Å². The molecule has 1 N–H and O–H groups in total. The summed E-state index contributed by atoms with van der Waals surface area (Å²) in [6, 6.07) is 12.1. The normalized spacial score (nSPS) is 12.0. The molecule has 186 valence electrons. The molecule has 8 nitrogen and oxygen atoms in total. The van der Waals surface area contributed by atoms with Gasteiger partial charge in [0.25, 0.3) is 0 Å². The van der Waals surface area contributed by atoms with Crippen LogP contribution in [-0.2, 0) is 31.2 Å². The maximum Gasteiger partial charge on any atom is 0.341 e. The summed E-state index contributed by atoms with van der Waals surface area (Å²) < 4.78 is 83.3. The first kappa shape index (κ1) is 26.3.